The molecule has 208 valence electrons. The Hall–Kier alpha value is -5.16. The molecule has 3 aromatic carbocycles. The predicted molar refractivity (Wildman–Crippen MR) is 135 cm³/mol. The van der Waals surface area contributed by atoms with Gasteiger partial charge in [0.15, 0.2) is 0 Å². The van der Waals surface area contributed by atoms with E-state index in [9.17, 15) is 26.4 Å². The second-order valence-electron chi connectivity index (χ2n) is 7.75. The highest BCUT2D eigenvalue weighted by molar-refractivity contribution is 7.89. The van der Waals surface area contributed by atoms with Crippen LogP contribution in [0.3, 0.4) is 0 Å². The Kier molecular flexibility index (Phi) is 8.60. The summed E-state index contributed by atoms with van der Waals surface area (Å²) in [5.41, 5.74) is 7.97. The number of aromatic nitrogens is 4. The number of carbonyl (C=O) groups is 2. The van der Waals surface area contributed by atoms with E-state index in [2.05, 4.69) is 20.8 Å². The number of amidine groups is 1. The lowest BCUT2D eigenvalue weighted by Gasteiger charge is -2.10. The Morgan fingerprint density at radius 3 is 2.20 bits per heavy atom. The van der Waals surface area contributed by atoms with Crippen molar-refractivity contribution >= 4 is 33.4 Å². The first-order valence-corrected chi connectivity index (χ1v) is 12.3. The Bertz CT molecular complexity index is 1670. The molecule has 1 heterocycles. The number of alkyl halides is 3. The van der Waals surface area contributed by atoms with Crippen molar-refractivity contribution in [3.05, 3.63) is 84.2 Å². The van der Waals surface area contributed by atoms with Gasteiger partial charge in [-0.2, -0.15) is 17.9 Å². The quantitative estimate of drug-likeness (QED) is 0.167. The SMILES string of the molecule is N=C(N)c1cccc(-n2nnnc2C(=O)Nc2ccc(-c3ccccc3S(N)(=O)=O)cc2)c1.O=C(O)C(F)(F)F. The standard InChI is InChI=1S/C21H18N8O3S.C2HF3O2/c22-19(23)14-4-3-5-16(12-14)29-20(26-27-28-29)21(30)25-15-10-8-13(9-11-15)17-6-1-2-7-18(17)33(24,31)32;3-2(4,5)1(6)7/h1-12H,(H3,22,23)(H,25,30)(H2,24,31,32);(H,6,7). The molecule has 1 amide bonds. The number of nitrogens with zero attached hydrogens (tertiary/aromatic N) is 4. The minimum atomic E-state index is -5.08. The third kappa shape index (κ3) is 7.23. The number of rotatable bonds is 6. The molecule has 0 aliphatic heterocycles. The van der Waals surface area contributed by atoms with E-state index in [1.165, 1.54) is 10.7 Å². The summed E-state index contributed by atoms with van der Waals surface area (Å²) in [5.74, 6) is -3.52. The second kappa shape index (κ2) is 11.7. The molecule has 0 fully saturated rings. The van der Waals surface area contributed by atoms with Crippen LogP contribution in [0.25, 0.3) is 16.8 Å². The minimum Gasteiger partial charge on any atom is -0.475 e. The number of hydrogen-bond donors (Lipinski definition) is 5. The molecule has 4 rings (SSSR count). The van der Waals surface area contributed by atoms with Gasteiger partial charge in [0.25, 0.3) is 5.91 Å². The van der Waals surface area contributed by atoms with Gasteiger partial charge in [-0.15, -0.1) is 5.10 Å². The van der Waals surface area contributed by atoms with Crippen LogP contribution in [-0.2, 0) is 14.8 Å². The third-order valence-corrected chi connectivity index (χ3v) is 5.93. The van der Waals surface area contributed by atoms with E-state index in [0.717, 1.165) is 0 Å². The normalized spacial score (nSPS) is 11.2. The van der Waals surface area contributed by atoms with Crippen LogP contribution in [0.1, 0.15) is 16.2 Å². The maximum Gasteiger partial charge on any atom is 0.490 e. The summed E-state index contributed by atoms with van der Waals surface area (Å²) < 4.78 is 56.7. The summed E-state index contributed by atoms with van der Waals surface area (Å²) in [7, 11) is -3.90. The summed E-state index contributed by atoms with van der Waals surface area (Å²) in [4.78, 5) is 21.7. The molecule has 7 N–H and O–H groups in total. The van der Waals surface area contributed by atoms with Crippen molar-refractivity contribution in [3.8, 4) is 16.8 Å². The van der Waals surface area contributed by atoms with Gasteiger partial charge in [0.1, 0.15) is 5.84 Å². The van der Waals surface area contributed by atoms with Crippen molar-refractivity contribution in [2.24, 2.45) is 10.9 Å². The molecule has 0 atom stereocenters. The van der Waals surface area contributed by atoms with Gasteiger partial charge in [0.2, 0.25) is 15.8 Å². The van der Waals surface area contributed by atoms with Crippen molar-refractivity contribution in [1.29, 1.82) is 5.41 Å². The van der Waals surface area contributed by atoms with Crippen LogP contribution in [0.4, 0.5) is 18.9 Å². The Labute approximate surface area is 223 Å². The molecule has 0 aliphatic rings. The molecule has 0 bridgehead atoms. The van der Waals surface area contributed by atoms with Crippen molar-refractivity contribution in [3.63, 3.8) is 0 Å². The lowest BCUT2D eigenvalue weighted by molar-refractivity contribution is -0.192. The van der Waals surface area contributed by atoms with Gasteiger partial charge in [-0.25, -0.2) is 18.4 Å². The molecule has 4 aromatic rings. The summed E-state index contributed by atoms with van der Waals surface area (Å²) >= 11 is 0. The van der Waals surface area contributed by atoms with Gasteiger partial charge < -0.3 is 16.2 Å². The number of carbonyl (C=O) groups excluding carboxylic acids is 1. The maximum absolute atomic E-state index is 12.8. The zero-order chi connectivity index (χ0) is 29.7. The van der Waals surface area contributed by atoms with Crippen LogP contribution in [0.2, 0.25) is 0 Å². The average molecular weight is 577 g/mol. The molecule has 0 saturated carbocycles. The van der Waals surface area contributed by atoms with E-state index in [1.807, 2.05) is 0 Å². The van der Waals surface area contributed by atoms with Crippen LogP contribution >= 0.6 is 0 Å². The topological polar surface area (TPSA) is 220 Å². The molecular weight excluding hydrogens is 557 g/mol. The van der Waals surface area contributed by atoms with Crippen molar-refractivity contribution < 1.29 is 36.3 Å². The molecule has 40 heavy (non-hydrogen) atoms. The monoisotopic (exact) mass is 576 g/mol. The highest BCUT2D eigenvalue weighted by atomic mass is 32.2. The number of carboxylic acid groups (broad SMARTS) is 1. The molecule has 0 spiro atoms. The molecule has 0 saturated heterocycles. The second-order valence-corrected chi connectivity index (χ2v) is 9.28. The van der Waals surface area contributed by atoms with Crippen LogP contribution in [0, 0.1) is 5.41 Å². The van der Waals surface area contributed by atoms with Crippen molar-refractivity contribution in [2.75, 3.05) is 5.32 Å². The first kappa shape index (κ1) is 29.4. The number of anilines is 1. The highest BCUT2D eigenvalue weighted by Gasteiger charge is 2.38. The van der Waals surface area contributed by atoms with Gasteiger partial charge >= 0.3 is 12.1 Å². The molecule has 0 radical (unpaired) electrons. The van der Waals surface area contributed by atoms with Crippen molar-refractivity contribution in [1.82, 2.24) is 20.2 Å². The maximum atomic E-state index is 12.8. The molecular formula is C23H19F3N8O5S. The smallest absolute Gasteiger partial charge is 0.475 e. The molecule has 0 aliphatic carbocycles. The molecule has 13 nitrogen and oxygen atoms in total. The van der Waals surface area contributed by atoms with E-state index in [4.69, 9.17) is 26.2 Å². The fourth-order valence-electron chi connectivity index (χ4n) is 3.18. The lowest BCUT2D eigenvalue weighted by atomic mass is 10.1. The number of sulfonamides is 1. The van der Waals surface area contributed by atoms with E-state index in [-0.39, 0.29) is 16.6 Å². The van der Waals surface area contributed by atoms with E-state index < -0.39 is 28.1 Å². The number of tetrazole rings is 1. The van der Waals surface area contributed by atoms with E-state index >= 15 is 0 Å². The lowest BCUT2D eigenvalue weighted by Crippen LogP contribution is -2.21. The first-order chi connectivity index (χ1) is 18.7. The molecule has 1 aromatic heterocycles. The summed E-state index contributed by atoms with van der Waals surface area (Å²) in [6.07, 6.45) is -5.08. The number of nitrogens with one attached hydrogen (secondary N) is 2. The minimum absolute atomic E-state index is 0.00810. The first-order valence-electron chi connectivity index (χ1n) is 10.8. The van der Waals surface area contributed by atoms with Crippen molar-refractivity contribution in [2.45, 2.75) is 11.1 Å². The van der Waals surface area contributed by atoms with Crippen LogP contribution in [-0.4, -0.2) is 57.6 Å². The number of amides is 1. The number of primary sulfonamides is 1. The molecule has 0 unspecified atom stereocenters. The van der Waals surface area contributed by atoms with Gasteiger partial charge in [-0.05, 0) is 46.3 Å². The number of carboxylic acids is 1. The fraction of sp³-hybridized carbons (Fsp3) is 0.0435. The van der Waals surface area contributed by atoms with Crippen LogP contribution in [0.15, 0.2) is 77.7 Å². The summed E-state index contributed by atoms with van der Waals surface area (Å²) in [6.45, 7) is 0. The number of halogens is 3. The van der Waals surface area contributed by atoms with Crippen LogP contribution in [0.5, 0.6) is 0 Å². The Morgan fingerprint density at radius 2 is 1.62 bits per heavy atom. The van der Waals surface area contributed by atoms with Gasteiger partial charge in [-0.1, -0.05) is 42.5 Å². The zero-order valence-corrected chi connectivity index (χ0v) is 20.8. The molecule has 17 heteroatoms. The predicted octanol–water partition coefficient (Wildman–Crippen LogP) is 2.15. The number of nitrogen functional groups attached to an aromatic ring is 1. The van der Waals surface area contributed by atoms with Gasteiger partial charge in [0.05, 0.1) is 10.6 Å². The van der Waals surface area contributed by atoms with Gasteiger partial charge in [-0.3, -0.25) is 10.2 Å². The van der Waals surface area contributed by atoms with E-state index in [1.54, 1.807) is 66.7 Å². The largest absolute Gasteiger partial charge is 0.490 e. The fourth-order valence-corrected chi connectivity index (χ4v) is 3.94. The number of benzene rings is 3. The summed E-state index contributed by atoms with van der Waals surface area (Å²) in [6, 6.07) is 19.6. The highest BCUT2D eigenvalue weighted by Crippen LogP contribution is 2.27. The third-order valence-electron chi connectivity index (χ3n) is 4.96. The Balaban J connectivity index is 0.000000559. The van der Waals surface area contributed by atoms with Crippen LogP contribution < -0.4 is 16.2 Å². The Morgan fingerprint density at radius 1 is 1.00 bits per heavy atom. The number of nitrogens with two attached hydrogens (primary N) is 2. The number of hydrogen-bond acceptors (Lipinski definition) is 8. The average Bonchev–Trinajstić information content (AvgIpc) is 3.39. The zero-order valence-electron chi connectivity index (χ0n) is 20.0. The number of aliphatic carboxylic acids is 1. The van der Waals surface area contributed by atoms with Gasteiger partial charge in [0, 0.05) is 16.8 Å². The van der Waals surface area contributed by atoms with E-state index in [0.29, 0.717) is 28.1 Å². The summed E-state index contributed by atoms with van der Waals surface area (Å²) in [5, 5.41) is 33.9.